The van der Waals surface area contributed by atoms with Gasteiger partial charge >= 0.3 is 0 Å². The number of fused-ring (bicyclic) bond motifs is 1. The summed E-state index contributed by atoms with van der Waals surface area (Å²) >= 11 is 1.69. The van der Waals surface area contributed by atoms with Gasteiger partial charge in [-0.2, -0.15) is 0 Å². The summed E-state index contributed by atoms with van der Waals surface area (Å²) in [6.07, 6.45) is 3.36. The van der Waals surface area contributed by atoms with E-state index in [-0.39, 0.29) is 5.78 Å². The van der Waals surface area contributed by atoms with Crippen LogP contribution >= 0.6 is 11.3 Å². The Morgan fingerprint density at radius 2 is 1.66 bits per heavy atom. The summed E-state index contributed by atoms with van der Waals surface area (Å²) in [6.45, 7) is 1.54. The van der Waals surface area contributed by atoms with E-state index in [1.165, 1.54) is 6.92 Å². The van der Waals surface area contributed by atoms with Crippen molar-refractivity contribution in [3.63, 3.8) is 0 Å². The lowest BCUT2D eigenvalue weighted by atomic mass is 10.1. The molecular weight excluding hydrogens is 380 g/mol. The van der Waals surface area contributed by atoms with Crippen molar-refractivity contribution in [1.82, 2.24) is 0 Å². The monoisotopic (exact) mass is 400 g/mol. The molecule has 0 bridgehead atoms. The largest absolute Gasteiger partial charge is 0.497 e. The molecule has 0 radical (unpaired) electrons. The topological polar surface area (TPSA) is 35.5 Å². The van der Waals surface area contributed by atoms with E-state index >= 15 is 0 Å². The van der Waals surface area contributed by atoms with Crippen LogP contribution in [0, 0.1) is 0 Å². The molecule has 0 unspecified atom stereocenters. The van der Waals surface area contributed by atoms with Gasteiger partial charge < -0.3 is 9.47 Å². The average Bonchev–Trinajstić information content (AvgIpc) is 3.11. The molecule has 4 rings (SSSR count). The molecule has 0 spiro atoms. The quantitative estimate of drug-likeness (QED) is 0.328. The molecule has 3 nitrogen and oxygen atoms in total. The van der Waals surface area contributed by atoms with E-state index < -0.39 is 0 Å². The molecule has 29 heavy (non-hydrogen) atoms. The third-order valence-corrected chi connectivity index (χ3v) is 5.68. The van der Waals surface area contributed by atoms with Crippen LogP contribution in [0.1, 0.15) is 12.5 Å². The van der Waals surface area contributed by atoms with E-state index in [2.05, 4.69) is 12.1 Å². The number of hydrogen-bond donors (Lipinski definition) is 0. The fourth-order valence-electron chi connectivity index (χ4n) is 3.04. The molecule has 4 heteroatoms. The fourth-order valence-corrected chi connectivity index (χ4v) is 4.20. The van der Waals surface area contributed by atoms with E-state index in [0.29, 0.717) is 0 Å². The number of carbonyl (C=O) groups excluding carboxylic acids is 1. The molecule has 0 saturated carbocycles. The minimum absolute atomic E-state index is 0.0259. The molecule has 0 saturated heterocycles. The van der Waals surface area contributed by atoms with Crippen LogP contribution in [-0.4, -0.2) is 12.9 Å². The molecule has 144 valence electrons. The smallest absolute Gasteiger partial charge is 0.153 e. The van der Waals surface area contributed by atoms with Crippen molar-refractivity contribution in [1.29, 1.82) is 0 Å². The lowest BCUT2D eigenvalue weighted by molar-refractivity contribution is -0.112. The molecule has 0 N–H and O–H groups in total. The van der Waals surface area contributed by atoms with Gasteiger partial charge in [0.25, 0.3) is 0 Å². The Kier molecular flexibility index (Phi) is 5.45. The Morgan fingerprint density at radius 1 is 0.931 bits per heavy atom. The van der Waals surface area contributed by atoms with Crippen molar-refractivity contribution in [2.75, 3.05) is 7.11 Å². The standard InChI is InChI=1S/C25H20O3S/c1-17(26)8-9-18-10-12-20(13-11-18)28-24-22-15-14-21(27-2)16-23(22)29-25(24)19-6-4-3-5-7-19/h3-16H,1-2H3/b9-8+. The predicted octanol–water partition coefficient (Wildman–Crippen LogP) is 6.97. The number of benzene rings is 3. The molecule has 3 aromatic carbocycles. The Labute approximate surface area is 173 Å². The molecule has 0 atom stereocenters. The van der Waals surface area contributed by atoms with Crippen LogP contribution in [0.3, 0.4) is 0 Å². The Balaban J connectivity index is 1.74. The summed E-state index contributed by atoms with van der Waals surface area (Å²) in [7, 11) is 1.67. The van der Waals surface area contributed by atoms with E-state index in [9.17, 15) is 4.79 Å². The molecule has 4 aromatic rings. The van der Waals surface area contributed by atoms with Gasteiger partial charge in [0.05, 0.1) is 12.0 Å². The Hall–Kier alpha value is -3.37. The number of ether oxygens (including phenoxy) is 2. The van der Waals surface area contributed by atoms with Crippen molar-refractivity contribution in [3.8, 4) is 27.7 Å². The summed E-state index contributed by atoms with van der Waals surface area (Å²) in [4.78, 5) is 12.2. The second-order valence-corrected chi connectivity index (χ2v) is 7.66. The molecular formula is C25H20O3S. The molecule has 0 aliphatic carbocycles. The van der Waals surface area contributed by atoms with Crippen LogP contribution in [0.2, 0.25) is 0 Å². The highest BCUT2D eigenvalue weighted by Crippen LogP contribution is 2.47. The molecule has 1 aromatic heterocycles. The summed E-state index contributed by atoms with van der Waals surface area (Å²) in [6, 6.07) is 24.0. The first-order chi connectivity index (χ1) is 14.1. The van der Waals surface area contributed by atoms with Gasteiger partial charge in [0.2, 0.25) is 0 Å². The zero-order valence-electron chi connectivity index (χ0n) is 16.2. The summed E-state index contributed by atoms with van der Waals surface area (Å²) in [5.41, 5.74) is 2.07. The van der Waals surface area contributed by atoms with Crippen molar-refractivity contribution in [2.45, 2.75) is 6.92 Å². The normalized spacial score (nSPS) is 11.1. The number of methoxy groups -OCH3 is 1. The van der Waals surface area contributed by atoms with E-state index in [0.717, 1.165) is 43.3 Å². The van der Waals surface area contributed by atoms with Gasteiger partial charge in [-0.1, -0.05) is 48.5 Å². The van der Waals surface area contributed by atoms with E-state index in [4.69, 9.17) is 9.47 Å². The van der Waals surface area contributed by atoms with Crippen molar-refractivity contribution in [2.24, 2.45) is 0 Å². The maximum absolute atomic E-state index is 11.1. The summed E-state index contributed by atoms with van der Waals surface area (Å²) in [5.74, 6) is 2.44. The summed E-state index contributed by atoms with van der Waals surface area (Å²) in [5, 5.41) is 1.05. The van der Waals surface area contributed by atoms with Crippen LogP contribution in [0.4, 0.5) is 0 Å². The minimum Gasteiger partial charge on any atom is -0.497 e. The zero-order chi connectivity index (χ0) is 20.2. The first kappa shape index (κ1) is 19.0. The lowest BCUT2D eigenvalue weighted by Crippen LogP contribution is -1.86. The highest BCUT2D eigenvalue weighted by molar-refractivity contribution is 7.22. The first-order valence-corrected chi connectivity index (χ1v) is 10.1. The fraction of sp³-hybridized carbons (Fsp3) is 0.0800. The van der Waals surface area contributed by atoms with Gasteiger partial charge in [-0.15, -0.1) is 11.3 Å². The van der Waals surface area contributed by atoms with Crippen LogP contribution < -0.4 is 9.47 Å². The first-order valence-electron chi connectivity index (χ1n) is 9.26. The van der Waals surface area contributed by atoms with Gasteiger partial charge in [0.15, 0.2) is 11.5 Å². The van der Waals surface area contributed by atoms with Crippen LogP contribution in [0.15, 0.2) is 78.9 Å². The second-order valence-electron chi connectivity index (χ2n) is 6.60. The third-order valence-electron chi connectivity index (χ3n) is 4.50. The number of hydrogen-bond acceptors (Lipinski definition) is 4. The molecule has 0 amide bonds. The van der Waals surface area contributed by atoms with Gasteiger partial charge in [0.1, 0.15) is 11.5 Å². The van der Waals surface area contributed by atoms with Gasteiger partial charge in [-0.05, 0) is 54.5 Å². The SMILES string of the molecule is COc1ccc2c(Oc3ccc(/C=C/C(C)=O)cc3)c(-c3ccccc3)sc2c1. The van der Waals surface area contributed by atoms with E-state index in [1.54, 1.807) is 30.6 Å². The van der Waals surface area contributed by atoms with Crippen LogP contribution in [0.25, 0.3) is 26.6 Å². The van der Waals surface area contributed by atoms with Crippen LogP contribution in [-0.2, 0) is 4.79 Å². The van der Waals surface area contributed by atoms with Gasteiger partial charge in [0, 0.05) is 10.1 Å². The highest BCUT2D eigenvalue weighted by Gasteiger charge is 2.17. The number of allylic oxidation sites excluding steroid dienone is 1. The van der Waals surface area contributed by atoms with Crippen molar-refractivity contribution in [3.05, 3.63) is 84.4 Å². The minimum atomic E-state index is 0.0259. The zero-order valence-corrected chi connectivity index (χ0v) is 17.0. The van der Waals surface area contributed by atoms with Crippen LogP contribution in [0.5, 0.6) is 17.2 Å². The Morgan fingerprint density at radius 3 is 2.34 bits per heavy atom. The van der Waals surface area contributed by atoms with Gasteiger partial charge in [-0.25, -0.2) is 0 Å². The number of ketones is 1. The molecule has 0 aliphatic heterocycles. The van der Waals surface area contributed by atoms with Crippen molar-refractivity contribution >= 4 is 33.3 Å². The summed E-state index contributed by atoms with van der Waals surface area (Å²) < 4.78 is 12.8. The predicted molar refractivity (Wildman–Crippen MR) is 120 cm³/mol. The lowest BCUT2D eigenvalue weighted by Gasteiger charge is -2.09. The van der Waals surface area contributed by atoms with E-state index in [1.807, 2.05) is 60.7 Å². The number of carbonyl (C=O) groups is 1. The maximum atomic E-state index is 11.1. The average molecular weight is 400 g/mol. The molecule has 1 heterocycles. The molecule has 0 fully saturated rings. The maximum Gasteiger partial charge on any atom is 0.153 e. The Bertz CT molecular complexity index is 1170. The molecule has 0 aliphatic rings. The second kappa shape index (κ2) is 8.33. The highest BCUT2D eigenvalue weighted by atomic mass is 32.1. The third kappa shape index (κ3) is 4.23. The van der Waals surface area contributed by atoms with Gasteiger partial charge in [-0.3, -0.25) is 4.79 Å². The number of rotatable bonds is 6. The van der Waals surface area contributed by atoms with Crippen molar-refractivity contribution < 1.29 is 14.3 Å². The number of thiophene rings is 1.